The molecule has 1 amide bonds. The van der Waals surface area contributed by atoms with E-state index in [1.807, 2.05) is 0 Å². The Bertz CT molecular complexity index is 430. The summed E-state index contributed by atoms with van der Waals surface area (Å²) in [6, 6.07) is 4.40. The maximum atomic E-state index is 11.9. The first-order valence-electron chi connectivity index (χ1n) is 6.05. The maximum Gasteiger partial charge on any atom is 0.255 e. The lowest BCUT2D eigenvalue weighted by molar-refractivity contribution is 0.0169. The first kappa shape index (κ1) is 13.2. The fourth-order valence-electron chi connectivity index (χ4n) is 1.96. The second-order valence-corrected chi connectivity index (χ2v) is 4.80. The number of nitrogens with one attached hydrogen (secondary N) is 1. The Balaban J connectivity index is 1.92. The normalized spacial score (nSPS) is 19.5. The van der Waals surface area contributed by atoms with Gasteiger partial charge in [-0.3, -0.25) is 4.79 Å². The highest BCUT2D eigenvalue weighted by atomic mass is 35.5. The molecule has 0 saturated carbocycles. The van der Waals surface area contributed by atoms with Gasteiger partial charge in [0, 0.05) is 18.2 Å². The Kier molecular flexibility index (Phi) is 4.44. The number of aromatic hydroxyl groups is 1. The zero-order valence-corrected chi connectivity index (χ0v) is 10.7. The summed E-state index contributed by atoms with van der Waals surface area (Å²) in [5.41, 5.74) is 0.193. The molecule has 1 aliphatic rings. The molecule has 4 nitrogen and oxygen atoms in total. The van der Waals surface area contributed by atoms with E-state index in [2.05, 4.69) is 5.32 Å². The smallest absolute Gasteiger partial charge is 0.255 e. The number of carbonyl (C=O) groups excluding carboxylic acids is 1. The summed E-state index contributed by atoms with van der Waals surface area (Å²) >= 11 is 5.79. The van der Waals surface area contributed by atoms with Crippen molar-refractivity contribution in [2.45, 2.75) is 25.4 Å². The zero-order chi connectivity index (χ0) is 13.0. The summed E-state index contributed by atoms with van der Waals surface area (Å²) < 4.78 is 5.51. The van der Waals surface area contributed by atoms with Gasteiger partial charge in [0.2, 0.25) is 0 Å². The molecule has 0 bridgehead atoms. The molecule has 98 valence electrons. The molecule has 5 heteroatoms. The molecule has 1 saturated heterocycles. The van der Waals surface area contributed by atoms with Gasteiger partial charge in [-0.2, -0.15) is 0 Å². The quantitative estimate of drug-likeness (QED) is 0.886. The summed E-state index contributed by atoms with van der Waals surface area (Å²) in [4.78, 5) is 11.9. The van der Waals surface area contributed by atoms with Crippen molar-refractivity contribution in [2.24, 2.45) is 0 Å². The monoisotopic (exact) mass is 269 g/mol. The van der Waals surface area contributed by atoms with Gasteiger partial charge < -0.3 is 15.2 Å². The van der Waals surface area contributed by atoms with E-state index < -0.39 is 0 Å². The van der Waals surface area contributed by atoms with Crippen LogP contribution in [0.25, 0.3) is 0 Å². The Morgan fingerprint density at radius 1 is 1.50 bits per heavy atom. The maximum absolute atomic E-state index is 11.9. The van der Waals surface area contributed by atoms with E-state index in [9.17, 15) is 9.90 Å². The number of phenols is 1. The van der Waals surface area contributed by atoms with Crippen molar-refractivity contribution in [3.05, 3.63) is 28.8 Å². The van der Waals surface area contributed by atoms with E-state index in [1.54, 1.807) is 0 Å². The van der Waals surface area contributed by atoms with Gasteiger partial charge in [-0.05, 0) is 37.5 Å². The largest absolute Gasteiger partial charge is 0.507 e. The highest BCUT2D eigenvalue weighted by Crippen LogP contribution is 2.21. The van der Waals surface area contributed by atoms with Gasteiger partial charge in [-0.1, -0.05) is 11.6 Å². The fourth-order valence-corrected chi connectivity index (χ4v) is 2.13. The highest BCUT2D eigenvalue weighted by Gasteiger charge is 2.17. The first-order chi connectivity index (χ1) is 8.66. The predicted molar refractivity (Wildman–Crippen MR) is 69.0 cm³/mol. The third kappa shape index (κ3) is 3.37. The molecule has 2 rings (SSSR count). The van der Waals surface area contributed by atoms with E-state index in [1.165, 1.54) is 18.2 Å². The lowest BCUT2D eigenvalue weighted by Crippen LogP contribution is -2.35. The van der Waals surface area contributed by atoms with Crippen LogP contribution >= 0.6 is 11.6 Å². The van der Waals surface area contributed by atoms with Gasteiger partial charge in [0.25, 0.3) is 5.91 Å². The molecule has 0 radical (unpaired) electrons. The van der Waals surface area contributed by atoms with Gasteiger partial charge in [-0.15, -0.1) is 0 Å². The van der Waals surface area contributed by atoms with E-state index >= 15 is 0 Å². The second-order valence-electron chi connectivity index (χ2n) is 4.36. The van der Waals surface area contributed by atoms with Crippen molar-refractivity contribution in [3.63, 3.8) is 0 Å². The Hall–Kier alpha value is -1.26. The number of carbonyl (C=O) groups is 1. The molecule has 0 aliphatic carbocycles. The van der Waals surface area contributed by atoms with E-state index in [0.29, 0.717) is 11.6 Å². The van der Waals surface area contributed by atoms with Crippen LogP contribution in [0.15, 0.2) is 18.2 Å². The van der Waals surface area contributed by atoms with Crippen LogP contribution in [-0.2, 0) is 4.74 Å². The minimum absolute atomic E-state index is 0.0681. The van der Waals surface area contributed by atoms with Crippen LogP contribution in [0, 0.1) is 0 Å². The molecule has 2 N–H and O–H groups in total. The molecule has 0 aromatic heterocycles. The molecule has 18 heavy (non-hydrogen) atoms. The Labute approximate surface area is 111 Å². The predicted octanol–water partition coefficient (Wildman–Crippen LogP) is 2.34. The lowest BCUT2D eigenvalue weighted by atomic mass is 10.1. The second kappa shape index (κ2) is 6.07. The first-order valence-corrected chi connectivity index (χ1v) is 6.43. The summed E-state index contributed by atoms with van der Waals surface area (Å²) in [5, 5.41) is 12.8. The molecule has 1 fully saturated rings. The van der Waals surface area contributed by atoms with E-state index in [0.717, 1.165) is 25.9 Å². The number of amides is 1. The van der Waals surface area contributed by atoms with Crippen molar-refractivity contribution < 1.29 is 14.6 Å². The van der Waals surface area contributed by atoms with Crippen LogP contribution in [0.2, 0.25) is 5.02 Å². The highest BCUT2D eigenvalue weighted by molar-refractivity contribution is 6.31. The van der Waals surface area contributed by atoms with E-state index in [4.69, 9.17) is 16.3 Å². The number of hydrogen-bond acceptors (Lipinski definition) is 3. The molecule has 1 atom stereocenters. The average molecular weight is 270 g/mol. The van der Waals surface area contributed by atoms with Crippen LogP contribution in [0.4, 0.5) is 0 Å². The third-order valence-corrected chi connectivity index (χ3v) is 3.20. The Morgan fingerprint density at radius 2 is 2.33 bits per heavy atom. The van der Waals surface area contributed by atoms with Gasteiger partial charge in [0.1, 0.15) is 5.75 Å². The summed E-state index contributed by atoms with van der Waals surface area (Å²) in [6.45, 7) is 1.22. The van der Waals surface area contributed by atoms with Gasteiger partial charge in [-0.25, -0.2) is 0 Å². The van der Waals surface area contributed by atoms with Crippen LogP contribution in [0.1, 0.15) is 29.6 Å². The van der Waals surface area contributed by atoms with Gasteiger partial charge >= 0.3 is 0 Å². The third-order valence-electron chi connectivity index (χ3n) is 2.97. The summed E-state index contributed by atoms with van der Waals surface area (Å²) in [5.74, 6) is -0.398. The molecule has 1 aliphatic heterocycles. The average Bonchev–Trinajstić information content (AvgIpc) is 2.40. The van der Waals surface area contributed by atoms with Crippen molar-refractivity contribution in [3.8, 4) is 5.75 Å². The molecule has 0 unspecified atom stereocenters. The lowest BCUT2D eigenvalue weighted by Gasteiger charge is -2.22. The van der Waals surface area contributed by atoms with Crippen molar-refractivity contribution in [1.29, 1.82) is 0 Å². The van der Waals surface area contributed by atoms with Crippen LogP contribution in [0.3, 0.4) is 0 Å². The standard InChI is InChI=1S/C13H16ClNO3/c14-9-4-5-12(16)11(7-9)13(17)15-8-10-3-1-2-6-18-10/h4-5,7,10,16H,1-3,6,8H2,(H,15,17)/t10-/m1/s1. The van der Waals surface area contributed by atoms with Gasteiger partial charge in [0.05, 0.1) is 11.7 Å². The number of phenolic OH excluding ortho intramolecular Hbond substituents is 1. The minimum Gasteiger partial charge on any atom is -0.507 e. The van der Waals surface area contributed by atoms with Crippen LogP contribution < -0.4 is 5.32 Å². The topological polar surface area (TPSA) is 58.6 Å². The molecule has 1 heterocycles. The fraction of sp³-hybridized carbons (Fsp3) is 0.462. The zero-order valence-electron chi connectivity index (χ0n) is 9.99. The van der Waals surface area contributed by atoms with Crippen molar-refractivity contribution in [1.82, 2.24) is 5.32 Å². The SMILES string of the molecule is O=C(NC[C@H]1CCCCO1)c1cc(Cl)ccc1O. The van der Waals surface area contributed by atoms with Gasteiger partial charge in [0.15, 0.2) is 0 Å². The molecular formula is C13H16ClNO3. The number of rotatable bonds is 3. The summed E-state index contributed by atoms with van der Waals surface area (Å²) in [7, 11) is 0. The Morgan fingerprint density at radius 3 is 3.06 bits per heavy atom. The van der Waals surface area contributed by atoms with Crippen molar-refractivity contribution >= 4 is 17.5 Å². The molecule has 1 aromatic carbocycles. The molecular weight excluding hydrogens is 254 g/mol. The summed E-state index contributed by atoms with van der Waals surface area (Å²) in [6.07, 6.45) is 3.24. The number of benzene rings is 1. The van der Waals surface area contributed by atoms with Crippen LogP contribution in [-0.4, -0.2) is 30.3 Å². The number of ether oxygens (including phenoxy) is 1. The van der Waals surface area contributed by atoms with Crippen LogP contribution in [0.5, 0.6) is 5.75 Å². The molecule has 0 spiro atoms. The number of halogens is 1. The minimum atomic E-state index is -0.329. The van der Waals surface area contributed by atoms with Crippen molar-refractivity contribution in [2.75, 3.05) is 13.2 Å². The number of hydrogen-bond donors (Lipinski definition) is 2. The molecule has 1 aromatic rings. The van der Waals surface area contributed by atoms with E-state index in [-0.39, 0.29) is 23.3 Å².